The summed E-state index contributed by atoms with van der Waals surface area (Å²) in [5, 5.41) is 0. The number of nitrogens with two attached hydrogens (primary N) is 1. The number of aryl methyl sites for hydroxylation is 1. The molecule has 1 amide bonds. The summed E-state index contributed by atoms with van der Waals surface area (Å²) in [7, 11) is 0. The predicted molar refractivity (Wildman–Crippen MR) is 92.4 cm³/mol. The molecular weight excluding hydrogens is 290 g/mol. The number of carbonyl (C=O) groups is 1. The zero-order valence-corrected chi connectivity index (χ0v) is 14.8. The average Bonchev–Trinajstić information content (AvgIpc) is 3.01. The number of furan rings is 1. The van der Waals surface area contributed by atoms with Gasteiger partial charge in [-0.1, -0.05) is 20.8 Å². The molecule has 2 heterocycles. The minimum atomic E-state index is 0.000599. The van der Waals surface area contributed by atoms with Crippen LogP contribution in [-0.4, -0.2) is 47.9 Å². The van der Waals surface area contributed by atoms with Crippen LogP contribution in [0.3, 0.4) is 0 Å². The molecule has 5 heteroatoms. The van der Waals surface area contributed by atoms with Crippen LogP contribution in [0.5, 0.6) is 0 Å². The Hall–Kier alpha value is -1.33. The topological polar surface area (TPSA) is 62.7 Å². The van der Waals surface area contributed by atoms with Crippen LogP contribution >= 0.6 is 0 Å². The molecule has 1 fully saturated rings. The summed E-state index contributed by atoms with van der Waals surface area (Å²) < 4.78 is 5.90. The van der Waals surface area contributed by atoms with E-state index in [1.807, 2.05) is 11.0 Å². The van der Waals surface area contributed by atoms with Crippen LogP contribution in [0.25, 0.3) is 0 Å². The molecule has 1 aliphatic rings. The third-order valence-corrected chi connectivity index (χ3v) is 4.88. The summed E-state index contributed by atoms with van der Waals surface area (Å²) in [6.45, 7) is 10.5. The van der Waals surface area contributed by atoms with Crippen LogP contribution in [0.4, 0.5) is 0 Å². The lowest BCUT2D eigenvalue weighted by Gasteiger charge is -2.34. The molecule has 1 aromatic heterocycles. The standard InChI is InChI=1S/C18H31N3O2/c1-4-16-14(13-20(5-2)6-3)11-17(23-16)18(22)21-10-8-7-9-15(21)12-19/h11,15H,4-10,12-13,19H2,1-3H3/t15-/m0/s1. The number of hydrogen-bond donors (Lipinski definition) is 1. The fraction of sp³-hybridized carbons (Fsp3) is 0.722. The Morgan fingerprint density at radius 3 is 2.70 bits per heavy atom. The van der Waals surface area contributed by atoms with Crippen molar-refractivity contribution in [2.75, 3.05) is 26.2 Å². The highest BCUT2D eigenvalue weighted by atomic mass is 16.4. The van der Waals surface area contributed by atoms with Gasteiger partial charge in [-0.2, -0.15) is 0 Å². The first-order chi connectivity index (χ1) is 11.1. The Labute approximate surface area is 139 Å². The van der Waals surface area contributed by atoms with Crippen LogP contribution in [-0.2, 0) is 13.0 Å². The summed E-state index contributed by atoms with van der Waals surface area (Å²) in [4.78, 5) is 17.1. The number of nitrogens with zero attached hydrogens (tertiary/aromatic N) is 2. The highest BCUT2D eigenvalue weighted by molar-refractivity contribution is 5.92. The molecule has 0 bridgehead atoms. The first kappa shape index (κ1) is 18.0. The van der Waals surface area contributed by atoms with E-state index in [0.717, 1.165) is 63.2 Å². The number of likely N-dealkylation sites (tertiary alicyclic amines) is 1. The summed E-state index contributed by atoms with van der Waals surface area (Å²) in [6, 6.07) is 2.10. The monoisotopic (exact) mass is 321 g/mol. The highest BCUT2D eigenvalue weighted by Gasteiger charge is 2.29. The number of rotatable bonds is 7. The van der Waals surface area contributed by atoms with Gasteiger partial charge in [-0.25, -0.2) is 0 Å². The normalized spacial score (nSPS) is 18.7. The first-order valence-corrected chi connectivity index (χ1v) is 8.99. The zero-order chi connectivity index (χ0) is 16.8. The van der Waals surface area contributed by atoms with Crippen molar-refractivity contribution in [3.63, 3.8) is 0 Å². The van der Waals surface area contributed by atoms with Gasteiger partial charge in [0, 0.05) is 37.7 Å². The third-order valence-electron chi connectivity index (χ3n) is 4.88. The van der Waals surface area contributed by atoms with E-state index < -0.39 is 0 Å². The quantitative estimate of drug-likeness (QED) is 0.838. The van der Waals surface area contributed by atoms with Gasteiger partial charge >= 0.3 is 0 Å². The van der Waals surface area contributed by atoms with Crippen LogP contribution < -0.4 is 5.73 Å². The van der Waals surface area contributed by atoms with Crippen LogP contribution in [0.15, 0.2) is 10.5 Å². The molecule has 1 saturated heterocycles. The van der Waals surface area contributed by atoms with Crippen LogP contribution in [0.2, 0.25) is 0 Å². The molecule has 1 aromatic rings. The Morgan fingerprint density at radius 1 is 1.35 bits per heavy atom. The van der Waals surface area contributed by atoms with Crippen molar-refractivity contribution in [2.45, 2.75) is 59.0 Å². The molecule has 0 spiro atoms. The van der Waals surface area contributed by atoms with E-state index in [1.54, 1.807) is 0 Å². The van der Waals surface area contributed by atoms with Crippen molar-refractivity contribution in [1.29, 1.82) is 0 Å². The van der Waals surface area contributed by atoms with Crippen molar-refractivity contribution in [3.05, 3.63) is 23.2 Å². The van der Waals surface area contributed by atoms with Crippen molar-refractivity contribution in [2.24, 2.45) is 5.73 Å². The fourth-order valence-electron chi connectivity index (χ4n) is 3.35. The summed E-state index contributed by atoms with van der Waals surface area (Å²) in [5.74, 6) is 1.41. The van der Waals surface area contributed by atoms with Gasteiger partial charge in [-0.05, 0) is 38.4 Å². The second kappa shape index (κ2) is 8.50. The largest absolute Gasteiger partial charge is 0.456 e. The van der Waals surface area contributed by atoms with Gasteiger partial charge in [-0.3, -0.25) is 9.69 Å². The lowest BCUT2D eigenvalue weighted by Crippen LogP contribution is -2.47. The summed E-state index contributed by atoms with van der Waals surface area (Å²) >= 11 is 0. The lowest BCUT2D eigenvalue weighted by molar-refractivity contribution is 0.0589. The molecule has 0 aromatic carbocycles. The third kappa shape index (κ3) is 4.15. The van der Waals surface area contributed by atoms with Gasteiger partial charge < -0.3 is 15.1 Å². The second-order valence-corrected chi connectivity index (χ2v) is 6.26. The summed E-state index contributed by atoms with van der Waals surface area (Å²) in [5.41, 5.74) is 6.98. The van der Waals surface area contributed by atoms with E-state index >= 15 is 0 Å². The number of amides is 1. The molecule has 0 radical (unpaired) electrons. The predicted octanol–water partition coefficient (Wildman–Crippen LogP) is 2.64. The Bertz CT molecular complexity index is 508. The maximum atomic E-state index is 12.8. The molecule has 5 nitrogen and oxygen atoms in total. The van der Waals surface area contributed by atoms with E-state index in [1.165, 1.54) is 0 Å². The molecule has 23 heavy (non-hydrogen) atoms. The van der Waals surface area contributed by atoms with Gasteiger partial charge in [-0.15, -0.1) is 0 Å². The maximum absolute atomic E-state index is 12.8. The van der Waals surface area contributed by atoms with Crippen molar-refractivity contribution < 1.29 is 9.21 Å². The number of hydrogen-bond acceptors (Lipinski definition) is 4. The molecule has 1 atom stereocenters. The van der Waals surface area contributed by atoms with E-state index in [-0.39, 0.29) is 11.9 Å². The molecule has 0 saturated carbocycles. The molecule has 1 aliphatic heterocycles. The minimum Gasteiger partial charge on any atom is -0.456 e. The van der Waals surface area contributed by atoms with Gasteiger partial charge in [0.15, 0.2) is 5.76 Å². The average molecular weight is 321 g/mol. The first-order valence-electron chi connectivity index (χ1n) is 8.99. The zero-order valence-electron chi connectivity index (χ0n) is 14.8. The fourth-order valence-corrected chi connectivity index (χ4v) is 3.35. The SMILES string of the molecule is CCc1oc(C(=O)N2CCCC[C@H]2CN)cc1CN(CC)CC. The van der Waals surface area contributed by atoms with Gasteiger partial charge in [0.2, 0.25) is 0 Å². The minimum absolute atomic E-state index is 0.000599. The molecule has 2 rings (SSSR count). The van der Waals surface area contributed by atoms with E-state index in [4.69, 9.17) is 10.2 Å². The van der Waals surface area contributed by atoms with Crippen molar-refractivity contribution in [1.82, 2.24) is 9.80 Å². The molecule has 2 N–H and O–H groups in total. The van der Waals surface area contributed by atoms with E-state index in [9.17, 15) is 4.79 Å². The molecular formula is C18H31N3O2. The Kier molecular flexibility index (Phi) is 6.66. The second-order valence-electron chi connectivity index (χ2n) is 6.26. The van der Waals surface area contributed by atoms with Crippen LogP contribution in [0, 0.1) is 0 Å². The number of piperidine rings is 1. The van der Waals surface area contributed by atoms with Crippen molar-refractivity contribution >= 4 is 5.91 Å². The number of carbonyl (C=O) groups excluding carboxylic acids is 1. The van der Waals surface area contributed by atoms with Gasteiger partial charge in [0.05, 0.1) is 0 Å². The highest BCUT2D eigenvalue weighted by Crippen LogP contribution is 2.23. The van der Waals surface area contributed by atoms with Gasteiger partial charge in [0.1, 0.15) is 5.76 Å². The van der Waals surface area contributed by atoms with Gasteiger partial charge in [0.25, 0.3) is 5.91 Å². The maximum Gasteiger partial charge on any atom is 0.289 e. The summed E-state index contributed by atoms with van der Waals surface area (Å²) in [6.07, 6.45) is 4.01. The smallest absolute Gasteiger partial charge is 0.289 e. The Balaban J connectivity index is 2.18. The van der Waals surface area contributed by atoms with E-state index in [0.29, 0.717) is 12.3 Å². The van der Waals surface area contributed by atoms with Crippen molar-refractivity contribution in [3.8, 4) is 0 Å². The molecule has 0 aliphatic carbocycles. The Morgan fingerprint density at radius 2 is 2.09 bits per heavy atom. The van der Waals surface area contributed by atoms with E-state index in [2.05, 4.69) is 25.7 Å². The molecule has 130 valence electrons. The molecule has 0 unspecified atom stereocenters. The lowest BCUT2D eigenvalue weighted by atomic mass is 10.0. The van der Waals surface area contributed by atoms with Crippen LogP contribution in [0.1, 0.15) is 61.9 Å².